The Kier molecular flexibility index (Phi) is 7.83. The van der Waals surface area contributed by atoms with Gasteiger partial charge in [-0.15, -0.1) is 4.33 Å². The van der Waals surface area contributed by atoms with Crippen molar-refractivity contribution in [1.82, 2.24) is 0 Å². The molecule has 0 aliphatic rings. The van der Waals surface area contributed by atoms with Gasteiger partial charge in [0, 0.05) is 27.2 Å². The molecular formula is C24H20N4O7S2. The maximum Gasteiger partial charge on any atom is 0.295 e. The molecule has 1 amide bonds. The van der Waals surface area contributed by atoms with Crippen LogP contribution in [0.5, 0.6) is 0 Å². The third-order valence-electron chi connectivity index (χ3n) is 5.21. The molecule has 0 spiro atoms. The summed E-state index contributed by atoms with van der Waals surface area (Å²) in [5.41, 5.74) is 9.13. The number of fused-ring (bicyclic) bond motifs is 1. The van der Waals surface area contributed by atoms with Crippen molar-refractivity contribution in [2.75, 3.05) is 11.1 Å². The van der Waals surface area contributed by atoms with Gasteiger partial charge in [0.25, 0.3) is 16.0 Å². The lowest BCUT2D eigenvalue weighted by molar-refractivity contribution is -0.432. The zero-order valence-electron chi connectivity index (χ0n) is 19.2. The molecule has 5 N–H and O–H groups in total. The largest absolute Gasteiger partial charge is 0.399 e. The monoisotopic (exact) mass is 540 g/mol. The minimum atomic E-state index is -4.62. The van der Waals surface area contributed by atoms with Crippen molar-refractivity contribution in [3.63, 3.8) is 0 Å². The van der Waals surface area contributed by atoms with Gasteiger partial charge in [-0.25, -0.2) is 5.26 Å². The van der Waals surface area contributed by atoms with Crippen LogP contribution in [0.4, 0.5) is 22.7 Å². The van der Waals surface area contributed by atoms with Gasteiger partial charge >= 0.3 is 0 Å². The van der Waals surface area contributed by atoms with Gasteiger partial charge in [-0.3, -0.25) is 9.35 Å². The van der Waals surface area contributed by atoms with E-state index in [9.17, 15) is 17.8 Å². The van der Waals surface area contributed by atoms with Gasteiger partial charge in [0.2, 0.25) is 0 Å². The molecule has 0 saturated carbocycles. The first kappa shape index (κ1) is 26.2. The number of amides is 1. The third kappa shape index (κ3) is 6.48. The van der Waals surface area contributed by atoms with Crippen LogP contribution in [-0.4, -0.2) is 24.1 Å². The van der Waals surface area contributed by atoms with E-state index in [0.29, 0.717) is 45.7 Å². The van der Waals surface area contributed by atoms with Crippen molar-refractivity contribution in [3.05, 3.63) is 83.9 Å². The van der Waals surface area contributed by atoms with Gasteiger partial charge in [0.1, 0.15) is 4.90 Å². The Balaban J connectivity index is 1.54. The molecule has 4 aromatic rings. The van der Waals surface area contributed by atoms with Gasteiger partial charge in [-0.1, -0.05) is 11.1 Å². The van der Waals surface area contributed by atoms with Gasteiger partial charge in [-0.05, 0) is 84.6 Å². The number of nitrogens with one attached hydrogen (secondary N) is 1. The molecule has 0 radical (unpaired) electrons. The van der Waals surface area contributed by atoms with Crippen molar-refractivity contribution < 1.29 is 32.4 Å². The van der Waals surface area contributed by atoms with E-state index in [1.807, 2.05) is 6.92 Å². The standard InChI is InChI=1S/C24H20N4O7S2/c1-14-10-17(25)5-9-22(14)28-27-18-6-2-15(3-7-18)24(29)26-19-8-4-16-11-20(36-35-34-30)13-23(21(16)12-19)37(31,32)33/h2-13,30H,25H2,1H3,(H,26,29)(H,31,32,33). The average molecular weight is 541 g/mol. The maximum absolute atomic E-state index is 12.8. The normalized spacial score (nSPS) is 11.8. The summed E-state index contributed by atoms with van der Waals surface area (Å²) in [6.45, 7) is 1.88. The SMILES string of the molecule is Cc1cc(N)ccc1N=Nc1ccc(C(=O)Nc2ccc3cc(SOOO)cc(S(=O)(=O)O)c3c2)cc1. The molecule has 0 unspecified atom stereocenters. The van der Waals surface area contributed by atoms with Crippen LogP contribution in [-0.2, 0) is 19.5 Å². The Hall–Kier alpha value is -3.85. The quantitative estimate of drug-likeness (QED) is 0.0516. The van der Waals surface area contributed by atoms with Crippen LogP contribution in [0.2, 0.25) is 0 Å². The minimum absolute atomic E-state index is 0.170. The first-order valence-corrected chi connectivity index (χ1v) is 12.7. The van der Waals surface area contributed by atoms with Crippen molar-refractivity contribution >= 4 is 61.6 Å². The number of nitrogens with two attached hydrogens (primary N) is 1. The van der Waals surface area contributed by atoms with Crippen molar-refractivity contribution in [1.29, 1.82) is 0 Å². The highest BCUT2D eigenvalue weighted by Gasteiger charge is 2.17. The van der Waals surface area contributed by atoms with Crippen molar-refractivity contribution in [3.8, 4) is 0 Å². The predicted molar refractivity (Wildman–Crippen MR) is 139 cm³/mol. The molecule has 13 heteroatoms. The van der Waals surface area contributed by atoms with Crippen LogP contribution >= 0.6 is 12.0 Å². The molecule has 0 aliphatic heterocycles. The molecule has 0 aromatic heterocycles. The molecule has 0 fully saturated rings. The number of benzene rings is 4. The maximum atomic E-state index is 12.8. The van der Waals surface area contributed by atoms with E-state index < -0.39 is 20.9 Å². The van der Waals surface area contributed by atoms with E-state index in [1.165, 1.54) is 6.07 Å². The Labute approximate surface area is 215 Å². The summed E-state index contributed by atoms with van der Waals surface area (Å²) in [4.78, 5) is 12.6. The highest BCUT2D eigenvalue weighted by atomic mass is 32.2. The highest BCUT2D eigenvalue weighted by Crippen LogP contribution is 2.32. The van der Waals surface area contributed by atoms with E-state index in [1.54, 1.807) is 60.7 Å². The lowest BCUT2D eigenvalue weighted by Gasteiger charge is -2.10. The van der Waals surface area contributed by atoms with E-state index in [0.717, 1.165) is 11.6 Å². The number of anilines is 2. The number of hydrogen-bond acceptors (Lipinski definition) is 10. The molecular weight excluding hydrogens is 520 g/mol. The second-order valence-electron chi connectivity index (χ2n) is 7.81. The zero-order chi connectivity index (χ0) is 26.6. The molecule has 37 heavy (non-hydrogen) atoms. The number of azo groups is 1. The molecule has 0 atom stereocenters. The van der Waals surface area contributed by atoms with Gasteiger partial charge in [-0.2, -0.15) is 18.6 Å². The van der Waals surface area contributed by atoms with Crippen LogP contribution in [0, 0.1) is 6.92 Å². The lowest BCUT2D eigenvalue weighted by atomic mass is 10.1. The fourth-order valence-corrected chi connectivity index (χ4v) is 4.73. The number of carbonyl (C=O) groups is 1. The average Bonchev–Trinajstić information content (AvgIpc) is 2.86. The molecule has 4 rings (SSSR count). The Morgan fingerprint density at radius 1 is 1.00 bits per heavy atom. The summed E-state index contributed by atoms with van der Waals surface area (Å²) in [6.07, 6.45) is 0. The number of nitrogen functional groups attached to an aromatic ring is 1. The first-order chi connectivity index (χ1) is 17.6. The Morgan fingerprint density at radius 3 is 2.43 bits per heavy atom. The second-order valence-corrected chi connectivity index (χ2v) is 9.97. The fourth-order valence-electron chi connectivity index (χ4n) is 3.48. The summed E-state index contributed by atoms with van der Waals surface area (Å²) < 4.78 is 37.9. The molecule has 0 aliphatic carbocycles. The smallest absolute Gasteiger partial charge is 0.295 e. The Morgan fingerprint density at radius 2 is 1.76 bits per heavy atom. The number of hydrogen-bond donors (Lipinski definition) is 4. The number of nitrogens with zero attached hydrogens (tertiary/aromatic N) is 2. The molecule has 190 valence electrons. The minimum Gasteiger partial charge on any atom is -0.399 e. The third-order valence-corrected chi connectivity index (χ3v) is 6.66. The number of carbonyl (C=O) groups excluding carboxylic acids is 1. The van der Waals surface area contributed by atoms with Crippen LogP contribution in [0.25, 0.3) is 10.8 Å². The highest BCUT2D eigenvalue weighted by molar-refractivity contribution is 7.94. The zero-order valence-corrected chi connectivity index (χ0v) is 20.8. The summed E-state index contributed by atoms with van der Waals surface area (Å²) in [7, 11) is -4.62. The van der Waals surface area contributed by atoms with E-state index in [4.69, 9.17) is 11.0 Å². The lowest BCUT2D eigenvalue weighted by Crippen LogP contribution is -2.11. The molecule has 0 heterocycles. The van der Waals surface area contributed by atoms with E-state index in [-0.39, 0.29) is 10.3 Å². The second kappa shape index (κ2) is 11.0. The van der Waals surface area contributed by atoms with Gasteiger partial charge < -0.3 is 11.1 Å². The Bertz CT molecular complexity index is 1610. The van der Waals surface area contributed by atoms with Crippen LogP contribution in [0.15, 0.2) is 92.8 Å². The van der Waals surface area contributed by atoms with Crippen LogP contribution in [0.3, 0.4) is 0 Å². The number of rotatable bonds is 8. The van der Waals surface area contributed by atoms with E-state index >= 15 is 0 Å². The van der Waals surface area contributed by atoms with Crippen molar-refractivity contribution in [2.45, 2.75) is 16.7 Å². The van der Waals surface area contributed by atoms with Crippen LogP contribution < -0.4 is 11.1 Å². The topological polar surface area (TPSA) is 173 Å². The van der Waals surface area contributed by atoms with Crippen LogP contribution in [0.1, 0.15) is 15.9 Å². The molecule has 4 aromatic carbocycles. The van der Waals surface area contributed by atoms with Gasteiger partial charge in [0.15, 0.2) is 0 Å². The summed E-state index contributed by atoms with van der Waals surface area (Å²) >= 11 is 0.545. The fraction of sp³-hybridized carbons (Fsp3) is 0.0417. The first-order valence-electron chi connectivity index (χ1n) is 10.5. The molecule has 0 bridgehead atoms. The summed E-state index contributed by atoms with van der Waals surface area (Å²) in [5.74, 6) is -0.439. The summed E-state index contributed by atoms with van der Waals surface area (Å²) in [6, 6.07) is 19.0. The van der Waals surface area contributed by atoms with Gasteiger partial charge in [0.05, 0.1) is 23.4 Å². The predicted octanol–water partition coefficient (Wildman–Crippen LogP) is 6.07. The van der Waals surface area contributed by atoms with E-state index in [2.05, 4.69) is 24.9 Å². The summed E-state index contributed by atoms with van der Waals surface area (Å²) in [5, 5.41) is 23.6. The van der Waals surface area contributed by atoms with Crippen molar-refractivity contribution in [2.24, 2.45) is 10.2 Å². The number of aryl methyl sites for hydroxylation is 1. The molecule has 0 saturated heterocycles. The molecule has 11 nitrogen and oxygen atoms in total.